The third kappa shape index (κ3) is 3.98. The Kier molecular flexibility index (Phi) is 4.00. The highest BCUT2D eigenvalue weighted by molar-refractivity contribution is 5.20. The molecule has 2 nitrogen and oxygen atoms in total. The van der Waals surface area contributed by atoms with E-state index in [-0.39, 0.29) is 6.04 Å². The van der Waals surface area contributed by atoms with Crippen LogP contribution in [0.5, 0.6) is 0 Å². The van der Waals surface area contributed by atoms with Gasteiger partial charge in [-0.3, -0.25) is 0 Å². The summed E-state index contributed by atoms with van der Waals surface area (Å²) >= 11 is 0. The van der Waals surface area contributed by atoms with Gasteiger partial charge in [-0.05, 0) is 13.8 Å². The second-order valence-corrected chi connectivity index (χ2v) is 2.83. The molecule has 0 heterocycles. The summed E-state index contributed by atoms with van der Waals surface area (Å²) in [6, 6.07) is -0.183. The van der Waals surface area contributed by atoms with Crippen molar-refractivity contribution in [3.63, 3.8) is 0 Å². The van der Waals surface area contributed by atoms with Crippen molar-refractivity contribution in [3.8, 4) is 0 Å². The summed E-state index contributed by atoms with van der Waals surface area (Å²) in [5, 5.41) is 0.991. The Labute approximate surface area is 75.5 Å². The summed E-state index contributed by atoms with van der Waals surface area (Å²) in [6.45, 7) is 6.45. The largest absolute Gasteiger partial charge is 0.417 e. The number of hydrazine groups is 1. The van der Waals surface area contributed by atoms with Gasteiger partial charge in [-0.1, -0.05) is 12.7 Å². The maximum absolute atomic E-state index is 12.1. The van der Waals surface area contributed by atoms with E-state index in [4.69, 9.17) is 5.84 Å². The molecular weight excluding hydrogens is 181 g/mol. The lowest BCUT2D eigenvalue weighted by Gasteiger charge is -2.20. The first-order valence-electron chi connectivity index (χ1n) is 3.73. The molecular formula is C8H13F3N2. The van der Waals surface area contributed by atoms with Crippen LogP contribution in [0, 0.1) is 0 Å². The molecule has 0 aromatic rings. The quantitative estimate of drug-likeness (QED) is 0.424. The second-order valence-electron chi connectivity index (χ2n) is 2.83. The van der Waals surface area contributed by atoms with E-state index in [9.17, 15) is 13.2 Å². The van der Waals surface area contributed by atoms with Gasteiger partial charge in [0.2, 0.25) is 0 Å². The van der Waals surface area contributed by atoms with Gasteiger partial charge >= 0.3 is 6.18 Å². The molecule has 5 heteroatoms. The lowest BCUT2D eigenvalue weighted by atomic mass is 10.2. The van der Waals surface area contributed by atoms with Crippen LogP contribution >= 0.6 is 0 Å². The Morgan fingerprint density at radius 1 is 1.46 bits per heavy atom. The number of halogens is 3. The molecule has 0 saturated heterocycles. The standard InChI is InChI=1S/C8H13F3N2/c1-4-7(8(9,10)11)5-13(12)6(2)3/h4-6H,1,12H2,2-3H3/b7-5+. The third-order valence-corrected chi connectivity index (χ3v) is 1.43. The predicted molar refractivity (Wildman–Crippen MR) is 45.5 cm³/mol. The van der Waals surface area contributed by atoms with Crippen LogP contribution in [0.3, 0.4) is 0 Å². The molecule has 0 aromatic heterocycles. The summed E-state index contributed by atoms with van der Waals surface area (Å²) in [5.41, 5.74) is -0.844. The number of nitrogens with zero attached hydrogens (tertiary/aromatic N) is 1. The zero-order chi connectivity index (χ0) is 10.6. The number of allylic oxidation sites excluding steroid dienone is 2. The molecule has 0 amide bonds. The molecule has 0 saturated carbocycles. The van der Waals surface area contributed by atoms with E-state index in [2.05, 4.69) is 6.58 Å². The number of hydrogen-bond donors (Lipinski definition) is 1. The lowest BCUT2D eigenvalue weighted by Crippen LogP contribution is -2.33. The molecule has 0 fully saturated rings. The van der Waals surface area contributed by atoms with Crippen molar-refractivity contribution in [2.24, 2.45) is 5.84 Å². The Hall–Kier alpha value is -0.970. The number of hydrogen-bond acceptors (Lipinski definition) is 2. The zero-order valence-electron chi connectivity index (χ0n) is 7.60. The van der Waals surface area contributed by atoms with E-state index >= 15 is 0 Å². The van der Waals surface area contributed by atoms with Gasteiger partial charge in [0, 0.05) is 12.2 Å². The fourth-order valence-corrected chi connectivity index (χ4v) is 0.551. The third-order valence-electron chi connectivity index (χ3n) is 1.43. The van der Waals surface area contributed by atoms with Crippen LogP contribution in [0.2, 0.25) is 0 Å². The monoisotopic (exact) mass is 194 g/mol. The fourth-order valence-electron chi connectivity index (χ4n) is 0.551. The number of alkyl halides is 3. The molecule has 0 unspecified atom stereocenters. The van der Waals surface area contributed by atoms with Crippen LogP contribution in [0.4, 0.5) is 13.2 Å². The number of rotatable bonds is 3. The molecule has 0 aliphatic rings. The van der Waals surface area contributed by atoms with E-state index in [0.29, 0.717) is 0 Å². The summed E-state index contributed by atoms with van der Waals surface area (Å²) in [6.07, 6.45) is -2.83. The first-order valence-corrected chi connectivity index (χ1v) is 3.73. The Morgan fingerprint density at radius 3 is 2.15 bits per heavy atom. The van der Waals surface area contributed by atoms with E-state index < -0.39 is 11.7 Å². The topological polar surface area (TPSA) is 29.3 Å². The number of nitrogens with two attached hydrogens (primary N) is 1. The van der Waals surface area contributed by atoms with Gasteiger partial charge in [0.1, 0.15) is 0 Å². The molecule has 2 N–H and O–H groups in total. The van der Waals surface area contributed by atoms with Crippen LogP contribution in [0.1, 0.15) is 13.8 Å². The Morgan fingerprint density at radius 2 is 1.92 bits per heavy atom. The first kappa shape index (κ1) is 12.0. The van der Waals surface area contributed by atoms with Gasteiger partial charge in [0.15, 0.2) is 0 Å². The average molecular weight is 194 g/mol. The van der Waals surface area contributed by atoms with Gasteiger partial charge < -0.3 is 5.01 Å². The lowest BCUT2D eigenvalue weighted by molar-refractivity contribution is -0.0893. The van der Waals surface area contributed by atoms with Crippen molar-refractivity contribution in [2.75, 3.05) is 0 Å². The van der Waals surface area contributed by atoms with E-state index in [1.165, 1.54) is 0 Å². The molecule has 76 valence electrons. The van der Waals surface area contributed by atoms with Crippen molar-refractivity contribution >= 4 is 0 Å². The Balaban J connectivity index is 4.67. The SMILES string of the molecule is C=C/C(=C\N(N)C(C)C)C(F)(F)F. The maximum atomic E-state index is 12.1. The highest BCUT2D eigenvalue weighted by atomic mass is 19.4. The Bertz CT molecular complexity index is 206. The van der Waals surface area contributed by atoms with Crippen molar-refractivity contribution in [1.29, 1.82) is 0 Å². The van der Waals surface area contributed by atoms with Crippen LogP contribution < -0.4 is 5.84 Å². The molecule has 0 rings (SSSR count). The summed E-state index contributed by atoms with van der Waals surface area (Å²) < 4.78 is 36.4. The molecule has 0 bridgehead atoms. The minimum Gasteiger partial charge on any atom is -0.315 e. The highest BCUT2D eigenvalue weighted by Gasteiger charge is 2.31. The molecule has 13 heavy (non-hydrogen) atoms. The van der Waals surface area contributed by atoms with Crippen LogP contribution in [0.25, 0.3) is 0 Å². The molecule has 0 aliphatic heterocycles. The molecule has 0 aromatic carbocycles. The van der Waals surface area contributed by atoms with Gasteiger partial charge in [-0.2, -0.15) is 13.2 Å². The summed E-state index contributed by atoms with van der Waals surface area (Å²) in [4.78, 5) is 0. The van der Waals surface area contributed by atoms with E-state index in [1.54, 1.807) is 13.8 Å². The van der Waals surface area contributed by atoms with Gasteiger partial charge in [0.25, 0.3) is 0 Å². The fraction of sp³-hybridized carbons (Fsp3) is 0.500. The van der Waals surface area contributed by atoms with Crippen LogP contribution in [0.15, 0.2) is 24.4 Å². The summed E-state index contributed by atoms with van der Waals surface area (Å²) in [5.74, 6) is 5.30. The van der Waals surface area contributed by atoms with Crippen molar-refractivity contribution in [3.05, 3.63) is 24.4 Å². The highest BCUT2D eigenvalue weighted by Crippen LogP contribution is 2.26. The van der Waals surface area contributed by atoms with Crippen LogP contribution in [-0.2, 0) is 0 Å². The minimum absolute atomic E-state index is 0.183. The summed E-state index contributed by atoms with van der Waals surface area (Å²) in [7, 11) is 0. The molecule has 0 aliphatic carbocycles. The smallest absolute Gasteiger partial charge is 0.315 e. The average Bonchev–Trinajstić information content (AvgIpc) is 1.96. The van der Waals surface area contributed by atoms with E-state index in [0.717, 1.165) is 17.3 Å². The van der Waals surface area contributed by atoms with Crippen molar-refractivity contribution in [2.45, 2.75) is 26.1 Å². The first-order chi connectivity index (χ1) is 5.79. The predicted octanol–water partition coefficient (Wildman–Crippen LogP) is 2.20. The minimum atomic E-state index is -4.39. The molecule has 0 atom stereocenters. The molecule has 0 spiro atoms. The van der Waals surface area contributed by atoms with Crippen LogP contribution in [-0.4, -0.2) is 17.2 Å². The van der Waals surface area contributed by atoms with E-state index in [1.807, 2.05) is 0 Å². The normalized spacial score (nSPS) is 13.3. The zero-order valence-corrected chi connectivity index (χ0v) is 7.60. The molecule has 0 radical (unpaired) electrons. The van der Waals surface area contributed by atoms with Crippen molar-refractivity contribution in [1.82, 2.24) is 5.01 Å². The maximum Gasteiger partial charge on any atom is 0.417 e. The van der Waals surface area contributed by atoms with Gasteiger partial charge in [-0.25, -0.2) is 5.84 Å². The second kappa shape index (κ2) is 4.32. The van der Waals surface area contributed by atoms with Gasteiger partial charge in [-0.15, -0.1) is 0 Å². The van der Waals surface area contributed by atoms with Crippen molar-refractivity contribution < 1.29 is 13.2 Å². The van der Waals surface area contributed by atoms with Gasteiger partial charge in [0.05, 0.1) is 5.57 Å².